The fraction of sp³-hybridized carbons (Fsp3) is 0.375. The van der Waals surface area contributed by atoms with Crippen molar-refractivity contribution in [1.29, 1.82) is 0 Å². The smallest absolute Gasteiger partial charge is 0.258 e. The Labute approximate surface area is 183 Å². The molecule has 2 amide bonds. The summed E-state index contributed by atoms with van der Waals surface area (Å²) in [6.07, 6.45) is 1.83. The first-order valence-corrected chi connectivity index (χ1v) is 10.8. The summed E-state index contributed by atoms with van der Waals surface area (Å²) >= 11 is 0. The van der Waals surface area contributed by atoms with E-state index in [9.17, 15) is 9.59 Å². The van der Waals surface area contributed by atoms with Gasteiger partial charge in [0.1, 0.15) is 18.1 Å². The summed E-state index contributed by atoms with van der Waals surface area (Å²) in [6, 6.07) is 16.9. The molecule has 0 aliphatic heterocycles. The number of rotatable bonds is 11. The van der Waals surface area contributed by atoms with E-state index in [1.807, 2.05) is 51.9 Å². The van der Waals surface area contributed by atoms with Gasteiger partial charge in [0.05, 0.1) is 17.6 Å². The fourth-order valence-corrected chi connectivity index (χ4v) is 3.47. The number of carbonyl (C=O) groups excluding carboxylic acids is 2. The van der Waals surface area contributed by atoms with Gasteiger partial charge in [-0.15, -0.1) is 0 Å². The molecule has 0 bridgehead atoms. The highest BCUT2D eigenvalue weighted by Gasteiger charge is 2.18. The van der Waals surface area contributed by atoms with Crippen LogP contribution in [-0.2, 0) is 22.7 Å². The van der Waals surface area contributed by atoms with Gasteiger partial charge in [0, 0.05) is 13.1 Å². The highest BCUT2D eigenvalue weighted by Crippen LogP contribution is 2.17. The Morgan fingerprint density at radius 2 is 1.68 bits per heavy atom. The molecule has 7 heteroatoms. The van der Waals surface area contributed by atoms with Gasteiger partial charge in [-0.1, -0.05) is 44.2 Å². The van der Waals surface area contributed by atoms with Crippen LogP contribution in [-0.4, -0.2) is 46.0 Å². The average molecular weight is 423 g/mol. The summed E-state index contributed by atoms with van der Waals surface area (Å²) in [5.74, 6) is 1.11. The van der Waals surface area contributed by atoms with E-state index < -0.39 is 0 Å². The van der Waals surface area contributed by atoms with E-state index in [4.69, 9.17) is 4.74 Å². The van der Waals surface area contributed by atoms with Crippen molar-refractivity contribution < 1.29 is 14.3 Å². The van der Waals surface area contributed by atoms with Crippen molar-refractivity contribution in [2.45, 2.75) is 39.8 Å². The minimum Gasteiger partial charge on any atom is -0.484 e. The Hall–Kier alpha value is -3.35. The molecule has 1 N–H and O–H groups in total. The quantitative estimate of drug-likeness (QED) is 0.514. The van der Waals surface area contributed by atoms with Crippen molar-refractivity contribution in [3.8, 4) is 5.75 Å². The second kappa shape index (κ2) is 11.2. The van der Waals surface area contributed by atoms with Crippen LogP contribution in [0.5, 0.6) is 5.75 Å². The Morgan fingerprint density at radius 1 is 1.00 bits per heavy atom. The van der Waals surface area contributed by atoms with E-state index in [1.54, 1.807) is 12.1 Å². The molecule has 0 radical (unpaired) electrons. The van der Waals surface area contributed by atoms with E-state index in [1.165, 1.54) is 0 Å². The number of hydrogen-bond acceptors (Lipinski definition) is 4. The molecule has 0 saturated carbocycles. The van der Waals surface area contributed by atoms with Gasteiger partial charge in [-0.2, -0.15) is 0 Å². The lowest BCUT2D eigenvalue weighted by molar-refractivity contribution is -0.131. The number of nitrogens with one attached hydrogen (secondary N) is 1. The largest absolute Gasteiger partial charge is 0.484 e. The Bertz CT molecular complexity index is 994. The van der Waals surface area contributed by atoms with Crippen LogP contribution in [0, 0.1) is 0 Å². The number of nitrogens with zero attached hydrogens (tertiary/aromatic N) is 3. The van der Waals surface area contributed by atoms with E-state index in [0.29, 0.717) is 11.6 Å². The minimum absolute atomic E-state index is 0.0619. The van der Waals surface area contributed by atoms with E-state index in [2.05, 4.69) is 24.1 Å². The summed E-state index contributed by atoms with van der Waals surface area (Å²) in [7, 11) is 0. The summed E-state index contributed by atoms with van der Waals surface area (Å²) in [5.41, 5.74) is 1.69. The lowest BCUT2D eigenvalue weighted by atomic mass is 10.3. The molecule has 3 aromatic rings. The maximum absolute atomic E-state index is 13.0. The Balaban J connectivity index is 1.70. The van der Waals surface area contributed by atoms with Crippen LogP contribution in [0.3, 0.4) is 0 Å². The maximum Gasteiger partial charge on any atom is 0.258 e. The molecule has 0 aliphatic carbocycles. The molecule has 2 aromatic carbocycles. The number of fused-ring (bicyclic) bond motifs is 1. The molecule has 31 heavy (non-hydrogen) atoms. The first-order valence-electron chi connectivity index (χ1n) is 10.8. The van der Waals surface area contributed by atoms with E-state index in [-0.39, 0.29) is 31.5 Å². The number of ether oxygens (including phenoxy) is 1. The van der Waals surface area contributed by atoms with Gasteiger partial charge in [0.15, 0.2) is 6.61 Å². The highest BCUT2D eigenvalue weighted by molar-refractivity contribution is 5.81. The van der Waals surface area contributed by atoms with Gasteiger partial charge in [-0.25, -0.2) is 4.98 Å². The number of amides is 2. The zero-order valence-electron chi connectivity index (χ0n) is 18.2. The third-order valence-electron chi connectivity index (χ3n) is 4.92. The molecular weight excluding hydrogens is 392 g/mol. The standard InChI is InChI=1S/C24H30N4O3/c1-3-14-27(15-4-2)24(30)17-28-21-13-9-8-12-20(21)26-22(28)16-25-23(29)18-31-19-10-6-5-7-11-19/h5-13H,3-4,14-18H2,1-2H3,(H,25,29). The molecule has 0 atom stereocenters. The Kier molecular flexibility index (Phi) is 8.04. The van der Waals surface area contributed by atoms with Gasteiger partial charge in [0.2, 0.25) is 5.91 Å². The number of benzene rings is 2. The maximum atomic E-state index is 13.0. The fourth-order valence-electron chi connectivity index (χ4n) is 3.47. The molecule has 7 nitrogen and oxygen atoms in total. The molecule has 0 spiro atoms. The molecule has 0 saturated heterocycles. The SMILES string of the molecule is CCCN(CCC)C(=O)Cn1c(CNC(=O)COc2ccccc2)nc2ccccc21. The molecule has 1 heterocycles. The van der Waals surface area contributed by atoms with Crippen LogP contribution < -0.4 is 10.1 Å². The van der Waals surface area contributed by atoms with Gasteiger partial charge < -0.3 is 19.5 Å². The highest BCUT2D eigenvalue weighted by atomic mass is 16.5. The second-order valence-corrected chi connectivity index (χ2v) is 7.36. The van der Waals surface area contributed by atoms with Crippen molar-refractivity contribution in [2.24, 2.45) is 0 Å². The van der Waals surface area contributed by atoms with Crippen LogP contribution in [0.2, 0.25) is 0 Å². The summed E-state index contributed by atoms with van der Waals surface area (Å²) < 4.78 is 7.39. The minimum atomic E-state index is -0.243. The zero-order chi connectivity index (χ0) is 22.1. The molecular formula is C24H30N4O3. The zero-order valence-corrected chi connectivity index (χ0v) is 18.2. The number of carbonyl (C=O) groups is 2. The van der Waals surface area contributed by atoms with E-state index >= 15 is 0 Å². The average Bonchev–Trinajstić information content (AvgIpc) is 3.14. The van der Waals surface area contributed by atoms with Crippen LogP contribution in [0.15, 0.2) is 54.6 Å². The molecule has 164 valence electrons. The van der Waals surface area contributed by atoms with Crippen molar-refractivity contribution in [3.05, 3.63) is 60.4 Å². The molecule has 0 aliphatic rings. The van der Waals surface area contributed by atoms with E-state index in [0.717, 1.165) is 37.0 Å². The molecule has 0 fully saturated rings. The summed E-state index contributed by atoms with van der Waals surface area (Å²) in [4.78, 5) is 31.8. The first-order chi connectivity index (χ1) is 15.1. The van der Waals surface area contributed by atoms with Gasteiger partial charge >= 0.3 is 0 Å². The third kappa shape index (κ3) is 6.07. The number of imidazole rings is 1. The van der Waals surface area contributed by atoms with Gasteiger partial charge in [0.25, 0.3) is 5.91 Å². The predicted molar refractivity (Wildman–Crippen MR) is 121 cm³/mol. The summed E-state index contributed by atoms with van der Waals surface area (Å²) in [6.45, 7) is 5.96. The van der Waals surface area contributed by atoms with Crippen molar-refractivity contribution in [3.63, 3.8) is 0 Å². The number of para-hydroxylation sites is 3. The van der Waals surface area contributed by atoms with Gasteiger partial charge in [-0.3, -0.25) is 9.59 Å². The predicted octanol–water partition coefficient (Wildman–Crippen LogP) is 3.38. The number of hydrogen-bond donors (Lipinski definition) is 1. The lowest BCUT2D eigenvalue weighted by Crippen LogP contribution is -2.36. The normalized spacial score (nSPS) is 10.8. The van der Waals surface area contributed by atoms with Crippen LogP contribution in [0.1, 0.15) is 32.5 Å². The summed E-state index contributed by atoms with van der Waals surface area (Å²) in [5, 5.41) is 2.85. The first kappa shape index (κ1) is 22.3. The van der Waals surface area contributed by atoms with Gasteiger partial charge in [-0.05, 0) is 37.1 Å². The van der Waals surface area contributed by atoms with Crippen molar-refractivity contribution >= 4 is 22.8 Å². The monoisotopic (exact) mass is 422 g/mol. The molecule has 1 aromatic heterocycles. The lowest BCUT2D eigenvalue weighted by Gasteiger charge is -2.22. The van der Waals surface area contributed by atoms with Crippen molar-refractivity contribution in [2.75, 3.05) is 19.7 Å². The van der Waals surface area contributed by atoms with Crippen LogP contribution in [0.4, 0.5) is 0 Å². The molecule has 0 unspecified atom stereocenters. The number of aromatic nitrogens is 2. The van der Waals surface area contributed by atoms with Crippen LogP contribution in [0.25, 0.3) is 11.0 Å². The molecule has 3 rings (SSSR count). The second-order valence-electron chi connectivity index (χ2n) is 7.36. The topological polar surface area (TPSA) is 76.5 Å². The van der Waals surface area contributed by atoms with Crippen molar-refractivity contribution in [1.82, 2.24) is 19.8 Å². The Morgan fingerprint density at radius 3 is 2.39 bits per heavy atom. The third-order valence-corrected chi connectivity index (χ3v) is 4.92. The van der Waals surface area contributed by atoms with Crippen LogP contribution >= 0.6 is 0 Å².